The van der Waals surface area contributed by atoms with Crippen molar-refractivity contribution in [2.24, 2.45) is 0 Å². The highest BCUT2D eigenvalue weighted by Gasteiger charge is 2.06. The highest BCUT2D eigenvalue weighted by molar-refractivity contribution is 6.30. The summed E-state index contributed by atoms with van der Waals surface area (Å²) in [7, 11) is 0. The van der Waals surface area contributed by atoms with Crippen molar-refractivity contribution in [1.82, 2.24) is 0 Å². The third-order valence-electron chi connectivity index (χ3n) is 2.65. The number of anilines is 1. The zero-order valence-corrected chi connectivity index (χ0v) is 11.0. The van der Waals surface area contributed by atoms with Crippen LogP contribution >= 0.6 is 11.6 Å². The summed E-state index contributed by atoms with van der Waals surface area (Å²) >= 11 is 5.67. The van der Waals surface area contributed by atoms with Gasteiger partial charge < -0.3 is 5.32 Å². The Hall–Kier alpha value is -1.87. The van der Waals surface area contributed by atoms with Gasteiger partial charge in [0.25, 0.3) is 0 Å². The Morgan fingerprint density at radius 1 is 1.16 bits per heavy atom. The lowest BCUT2D eigenvalue weighted by atomic mass is 10.1. The number of hydrogen-bond donors (Lipinski definition) is 1. The number of benzene rings is 2. The molecule has 0 heterocycles. The average molecular weight is 278 g/mol. The summed E-state index contributed by atoms with van der Waals surface area (Å²) < 4.78 is 13.0. The molecule has 0 unspecified atom stereocenters. The molecular formula is C15H13ClFNO. The maximum absolute atomic E-state index is 13.0. The normalized spacial score (nSPS) is 10.2. The first kappa shape index (κ1) is 13.6. The van der Waals surface area contributed by atoms with Gasteiger partial charge in [-0.1, -0.05) is 35.9 Å². The van der Waals surface area contributed by atoms with Gasteiger partial charge in [0.1, 0.15) is 5.82 Å². The van der Waals surface area contributed by atoms with Crippen LogP contribution in [0.2, 0.25) is 5.02 Å². The van der Waals surface area contributed by atoms with E-state index in [1.54, 1.807) is 6.07 Å². The molecule has 4 heteroatoms. The molecular weight excluding hydrogens is 265 g/mol. The molecule has 2 nitrogen and oxygen atoms in total. The lowest BCUT2D eigenvalue weighted by Gasteiger charge is -2.06. The maximum Gasteiger partial charge on any atom is 0.156 e. The minimum atomic E-state index is -0.472. The number of ketones is 1. The van der Waals surface area contributed by atoms with Crippen LogP contribution in [0.4, 0.5) is 10.1 Å². The predicted octanol–water partition coefficient (Wildman–Crippen LogP) is 3.70. The van der Waals surface area contributed by atoms with Gasteiger partial charge in [-0.15, -0.1) is 0 Å². The molecule has 0 fully saturated rings. The van der Waals surface area contributed by atoms with E-state index < -0.39 is 5.82 Å². The van der Waals surface area contributed by atoms with E-state index >= 15 is 0 Å². The molecule has 0 radical (unpaired) electrons. The van der Waals surface area contributed by atoms with Crippen molar-refractivity contribution in [2.75, 3.05) is 11.9 Å². The van der Waals surface area contributed by atoms with Crippen molar-refractivity contribution in [1.29, 1.82) is 0 Å². The molecule has 1 N–H and O–H groups in total. The number of para-hydroxylation sites is 1. The van der Waals surface area contributed by atoms with Crippen LogP contribution in [0.25, 0.3) is 0 Å². The molecule has 0 saturated carbocycles. The molecule has 98 valence electrons. The lowest BCUT2D eigenvalue weighted by Crippen LogP contribution is -2.15. The highest BCUT2D eigenvalue weighted by Crippen LogP contribution is 2.16. The first-order valence-electron chi connectivity index (χ1n) is 5.90. The third kappa shape index (κ3) is 4.07. The van der Waals surface area contributed by atoms with Crippen LogP contribution in [0.1, 0.15) is 5.56 Å². The number of carbonyl (C=O) groups excluding carboxylic acids is 1. The Kier molecular flexibility index (Phi) is 4.53. The molecule has 0 aromatic heterocycles. The van der Waals surface area contributed by atoms with E-state index in [2.05, 4.69) is 5.32 Å². The summed E-state index contributed by atoms with van der Waals surface area (Å²) in [6, 6.07) is 13.8. The second-order valence-electron chi connectivity index (χ2n) is 4.18. The van der Waals surface area contributed by atoms with E-state index in [1.165, 1.54) is 12.1 Å². The number of hydrogen-bond acceptors (Lipinski definition) is 2. The van der Waals surface area contributed by atoms with Crippen molar-refractivity contribution in [3.63, 3.8) is 0 Å². The van der Waals surface area contributed by atoms with Crippen LogP contribution in [-0.2, 0) is 11.2 Å². The molecule has 0 aliphatic carbocycles. The predicted molar refractivity (Wildman–Crippen MR) is 75.1 cm³/mol. The van der Waals surface area contributed by atoms with Gasteiger partial charge >= 0.3 is 0 Å². The van der Waals surface area contributed by atoms with Crippen LogP contribution in [0.15, 0.2) is 48.5 Å². The van der Waals surface area contributed by atoms with Gasteiger partial charge in [0.05, 0.1) is 11.6 Å². The zero-order valence-electron chi connectivity index (χ0n) is 10.2. The van der Waals surface area contributed by atoms with Crippen molar-refractivity contribution < 1.29 is 9.18 Å². The number of nitrogens with one attached hydrogen (secondary N) is 1. The Morgan fingerprint density at radius 3 is 2.58 bits per heavy atom. The zero-order chi connectivity index (χ0) is 13.7. The van der Waals surface area contributed by atoms with Gasteiger partial charge in [-0.05, 0) is 29.8 Å². The van der Waals surface area contributed by atoms with Crippen LogP contribution < -0.4 is 5.32 Å². The molecule has 0 aliphatic heterocycles. The Balaban J connectivity index is 1.89. The van der Waals surface area contributed by atoms with Gasteiger partial charge in [0.2, 0.25) is 0 Å². The van der Waals surface area contributed by atoms with Gasteiger partial charge in [-0.2, -0.15) is 0 Å². The minimum absolute atomic E-state index is 0.0199. The largest absolute Gasteiger partial charge is 0.378 e. The van der Waals surface area contributed by atoms with Crippen LogP contribution in [0.3, 0.4) is 0 Å². The maximum atomic E-state index is 13.0. The Bertz CT molecular complexity index is 572. The molecule has 0 aliphatic rings. The van der Waals surface area contributed by atoms with Crippen molar-refractivity contribution in [3.8, 4) is 0 Å². The number of Topliss-reactive ketones (excluding diaryl/α,β-unsaturated/α-hetero) is 1. The summed E-state index contributed by atoms with van der Waals surface area (Å²) in [4.78, 5) is 11.8. The van der Waals surface area contributed by atoms with Crippen LogP contribution in [0.5, 0.6) is 0 Å². The van der Waals surface area contributed by atoms with E-state index in [-0.39, 0.29) is 23.8 Å². The van der Waals surface area contributed by atoms with Gasteiger partial charge in [0.15, 0.2) is 5.78 Å². The molecule has 0 atom stereocenters. The average Bonchev–Trinajstić information content (AvgIpc) is 2.42. The van der Waals surface area contributed by atoms with E-state index in [0.717, 1.165) is 5.69 Å². The third-order valence-corrected chi connectivity index (χ3v) is 2.94. The van der Waals surface area contributed by atoms with Gasteiger partial charge in [0, 0.05) is 12.1 Å². The molecule has 19 heavy (non-hydrogen) atoms. The second-order valence-corrected chi connectivity index (χ2v) is 4.59. The summed E-state index contributed by atoms with van der Waals surface area (Å²) in [5.41, 5.74) is 1.61. The molecule has 2 aromatic rings. The number of rotatable bonds is 5. The van der Waals surface area contributed by atoms with Crippen LogP contribution in [-0.4, -0.2) is 12.3 Å². The monoisotopic (exact) mass is 277 g/mol. The fourth-order valence-corrected chi connectivity index (χ4v) is 1.90. The summed E-state index contributed by atoms with van der Waals surface area (Å²) in [5, 5.41) is 3.08. The smallest absolute Gasteiger partial charge is 0.156 e. The topological polar surface area (TPSA) is 29.1 Å². The highest BCUT2D eigenvalue weighted by atomic mass is 35.5. The fraction of sp³-hybridized carbons (Fsp3) is 0.133. The van der Waals surface area contributed by atoms with Crippen molar-refractivity contribution in [2.45, 2.75) is 6.42 Å². The van der Waals surface area contributed by atoms with Crippen LogP contribution in [0, 0.1) is 5.82 Å². The quantitative estimate of drug-likeness (QED) is 0.903. The fourth-order valence-electron chi connectivity index (χ4n) is 1.70. The number of carbonyl (C=O) groups is 1. The summed E-state index contributed by atoms with van der Waals surface area (Å²) in [5.74, 6) is -0.452. The van der Waals surface area contributed by atoms with Crippen molar-refractivity contribution >= 4 is 23.1 Å². The molecule has 2 aromatic carbocycles. The lowest BCUT2D eigenvalue weighted by molar-refractivity contribution is -0.116. The summed E-state index contributed by atoms with van der Waals surface area (Å²) in [6.45, 7) is 0.235. The Labute approximate surface area is 116 Å². The first-order chi connectivity index (χ1) is 9.15. The minimum Gasteiger partial charge on any atom is -0.378 e. The van der Waals surface area contributed by atoms with E-state index in [4.69, 9.17) is 11.6 Å². The Morgan fingerprint density at radius 2 is 1.89 bits per heavy atom. The van der Waals surface area contributed by atoms with E-state index in [0.29, 0.717) is 5.56 Å². The molecule has 0 bridgehead atoms. The van der Waals surface area contributed by atoms with E-state index in [9.17, 15) is 9.18 Å². The first-order valence-corrected chi connectivity index (χ1v) is 6.27. The molecule has 2 rings (SSSR count). The van der Waals surface area contributed by atoms with E-state index in [1.807, 2.05) is 30.3 Å². The SMILES string of the molecule is O=C(CNc1ccccc1)Cc1ccc(F)c(Cl)c1. The van der Waals surface area contributed by atoms with Gasteiger partial charge in [-0.25, -0.2) is 4.39 Å². The van der Waals surface area contributed by atoms with Crippen molar-refractivity contribution in [3.05, 3.63) is 64.9 Å². The number of halogens is 2. The molecule has 0 saturated heterocycles. The van der Waals surface area contributed by atoms with Gasteiger partial charge in [-0.3, -0.25) is 4.79 Å². The molecule has 0 spiro atoms. The second kappa shape index (κ2) is 6.34. The molecule has 0 amide bonds. The summed E-state index contributed by atoms with van der Waals surface area (Å²) in [6.07, 6.45) is 0.236. The standard InChI is InChI=1S/C15H13ClFNO/c16-14-9-11(6-7-15(14)17)8-13(19)10-18-12-4-2-1-3-5-12/h1-7,9,18H,8,10H2.